The Bertz CT molecular complexity index is 173. The van der Waals surface area contributed by atoms with E-state index in [1.165, 1.54) is 38.8 Å². The van der Waals surface area contributed by atoms with Gasteiger partial charge in [0.1, 0.15) is 0 Å². The van der Waals surface area contributed by atoms with Crippen LogP contribution in [0.5, 0.6) is 0 Å². The van der Waals surface area contributed by atoms with Gasteiger partial charge in [-0.25, -0.2) is 0 Å². The first-order valence-corrected chi connectivity index (χ1v) is 7.42. The van der Waals surface area contributed by atoms with Gasteiger partial charge in [0.15, 0.2) is 0 Å². The molecule has 1 aliphatic rings. The molecule has 17 heavy (non-hydrogen) atoms. The maximum atomic E-state index is 5.76. The summed E-state index contributed by atoms with van der Waals surface area (Å²) in [7, 11) is 0. The zero-order chi connectivity index (χ0) is 12.7. The van der Waals surface area contributed by atoms with Gasteiger partial charge in [-0.2, -0.15) is 0 Å². The Morgan fingerprint density at radius 1 is 1.06 bits per heavy atom. The van der Waals surface area contributed by atoms with Gasteiger partial charge in [0.05, 0.1) is 6.10 Å². The lowest BCUT2D eigenvalue weighted by atomic mass is 10.1. The standard InChI is InChI=1S/C15H31NO/c1-13(2)7-9-16(10-8-14(3)4)12-15-6-5-11-17-15/h13-15H,5-12H2,1-4H3. The van der Waals surface area contributed by atoms with E-state index in [0.717, 1.165) is 25.0 Å². The monoisotopic (exact) mass is 241 g/mol. The maximum Gasteiger partial charge on any atom is 0.0702 e. The first kappa shape index (κ1) is 15.0. The van der Waals surface area contributed by atoms with E-state index < -0.39 is 0 Å². The van der Waals surface area contributed by atoms with E-state index in [1.54, 1.807) is 0 Å². The first-order valence-electron chi connectivity index (χ1n) is 7.42. The van der Waals surface area contributed by atoms with Crippen LogP contribution < -0.4 is 0 Å². The lowest BCUT2D eigenvalue weighted by Crippen LogP contribution is -2.34. The summed E-state index contributed by atoms with van der Waals surface area (Å²) < 4.78 is 5.76. The zero-order valence-electron chi connectivity index (χ0n) is 12.2. The van der Waals surface area contributed by atoms with Gasteiger partial charge >= 0.3 is 0 Å². The normalized spacial score (nSPS) is 21.0. The molecule has 0 saturated carbocycles. The highest BCUT2D eigenvalue weighted by molar-refractivity contribution is 4.71. The Morgan fingerprint density at radius 3 is 2.06 bits per heavy atom. The Morgan fingerprint density at radius 2 is 1.65 bits per heavy atom. The molecular weight excluding hydrogens is 210 g/mol. The molecule has 0 radical (unpaired) electrons. The SMILES string of the molecule is CC(C)CCN(CCC(C)C)CC1CCCO1. The average Bonchev–Trinajstić information content (AvgIpc) is 2.74. The van der Waals surface area contributed by atoms with Gasteiger partial charge in [-0.1, -0.05) is 27.7 Å². The van der Waals surface area contributed by atoms with Crippen LogP contribution in [0.2, 0.25) is 0 Å². The third-order valence-corrected chi connectivity index (χ3v) is 3.53. The average molecular weight is 241 g/mol. The van der Waals surface area contributed by atoms with E-state index in [4.69, 9.17) is 4.74 Å². The second-order valence-corrected chi connectivity index (χ2v) is 6.30. The highest BCUT2D eigenvalue weighted by Gasteiger charge is 2.19. The molecule has 2 nitrogen and oxygen atoms in total. The Hall–Kier alpha value is -0.0800. The van der Waals surface area contributed by atoms with Crippen molar-refractivity contribution in [2.75, 3.05) is 26.2 Å². The van der Waals surface area contributed by atoms with Gasteiger partial charge in [0.25, 0.3) is 0 Å². The third kappa shape index (κ3) is 7.05. The molecule has 1 unspecified atom stereocenters. The molecule has 1 fully saturated rings. The minimum absolute atomic E-state index is 0.509. The van der Waals surface area contributed by atoms with Crippen LogP contribution in [-0.2, 0) is 4.74 Å². The zero-order valence-corrected chi connectivity index (χ0v) is 12.2. The van der Waals surface area contributed by atoms with E-state index in [1.807, 2.05) is 0 Å². The molecule has 0 aliphatic carbocycles. The third-order valence-electron chi connectivity index (χ3n) is 3.53. The summed E-state index contributed by atoms with van der Waals surface area (Å²) >= 11 is 0. The molecule has 0 aromatic rings. The van der Waals surface area contributed by atoms with Crippen LogP contribution in [0, 0.1) is 11.8 Å². The van der Waals surface area contributed by atoms with Crippen LogP contribution in [0.15, 0.2) is 0 Å². The van der Waals surface area contributed by atoms with E-state index in [2.05, 4.69) is 32.6 Å². The van der Waals surface area contributed by atoms with Crippen LogP contribution in [0.4, 0.5) is 0 Å². The topological polar surface area (TPSA) is 12.5 Å². The van der Waals surface area contributed by atoms with Crippen molar-refractivity contribution in [1.82, 2.24) is 4.90 Å². The van der Waals surface area contributed by atoms with Crippen LogP contribution in [0.25, 0.3) is 0 Å². The molecule has 0 N–H and O–H groups in total. The van der Waals surface area contributed by atoms with Crippen molar-refractivity contribution in [3.63, 3.8) is 0 Å². The number of rotatable bonds is 8. The summed E-state index contributed by atoms with van der Waals surface area (Å²) in [5.41, 5.74) is 0. The summed E-state index contributed by atoms with van der Waals surface area (Å²) in [5.74, 6) is 1.61. The Balaban J connectivity index is 2.28. The fourth-order valence-electron chi connectivity index (χ4n) is 2.25. The Labute approximate surface area is 108 Å². The highest BCUT2D eigenvalue weighted by atomic mass is 16.5. The lowest BCUT2D eigenvalue weighted by Gasteiger charge is -2.26. The van der Waals surface area contributed by atoms with E-state index in [-0.39, 0.29) is 0 Å². The molecule has 2 heteroatoms. The van der Waals surface area contributed by atoms with Gasteiger partial charge in [0.2, 0.25) is 0 Å². The van der Waals surface area contributed by atoms with Crippen molar-refractivity contribution in [3.8, 4) is 0 Å². The fourth-order valence-corrected chi connectivity index (χ4v) is 2.25. The molecule has 0 spiro atoms. The minimum Gasteiger partial charge on any atom is -0.377 e. The van der Waals surface area contributed by atoms with E-state index >= 15 is 0 Å². The van der Waals surface area contributed by atoms with Crippen LogP contribution in [0.1, 0.15) is 53.4 Å². The van der Waals surface area contributed by atoms with Gasteiger partial charge in [-0.3, -0.25) is 0 Å². The van der Waals surface area contributed by atoms with Gasteiger partial charge in [-0.15, -0.1) is 0 Å². The quantitative estimate of drug-likeness (QED) is 0.644. The molecule has 0 aromatic carbocycles. The maximum absolute atomic E-state index is 5.76. The minimum atomic E-state index is 0.509. The smallest absolute Gasteiger partial charge is 0.0702 e. The first-order chi connectivity index (χ1) is 8.08. The molecule has 1 atom stereocenters. The fraction of sp³-hybridized carbons (Fsp3) is 1.00. The second-order valence-electron chi connectivity index (χ2n) is 6.30. The summed E-state index contributed by atoms with van der Waals surface area (Å²) in [6, 6.07) is 0. The number of ether oxygens (including phenoxy) is 1. The van der Waals surface area contributed by atoms with Crippen molar-refractivity contribution in [3.05, 3.63) is 0 Å². The molecule has 102 valence electrons. The number of hydrogen-bond acceptors (Lipinski definition) is 2. The van der Waals surface area contributed by atoms with Crippen LogP contribution >= 0.6 is 0 Å². The van der Waals surface area contributed by atoms with Crippen molar-refractivity contribution in [2.45, 2.75) is 59.5 Å². The van der Waals surface area contributed by atoms with Crippen molar-refractivity contribution < 1.29 is 4.74 Å². The van der Waals surface area contributed by atoms with Crippen molar-refractivity contribution in [1.29, 1.82) is 0 Å². The summed E-state index contributed by atoms with van der Waals surface area (Å²) in [5, 5.41) is 0. The summed E-state index contributed by atoms with van der Waals surface area (Å²) in [6.07, 6.45) is 5.65. The number of nitrogens with zero attached hydrogens (tertiary/aromatic N) is 1. The van der Waals surface area contributed by atoms with Crippen LogP contribution in [0.3, 0.4) is 0 Å². The Kier molecular flexibility index (Phi) is 7.14. The van der Waals surface area contributed by atoms with Gasteiger partial charge < -0.3 is 9.64 Å². The van der Waals surface area contributed by atoms with E-state index in [0.29, 0.717) is 6.10 Å². The predicted molar refractivity (Wildman–Crippen MR) is 74.3 cm³/mol. The largest absolute Gasteiger partial charge is 0.377 e. The predicted octanol–water partition coefficient (Wildman–Crippen LogP) is 3.56. The van der Waals surface area contributed by atoms with Crippen molar-refractivity contribution >= 4 is 0 Å². The molecule has 1 rings (SSSR count). The van der Waals surface area contributed by atoms with Gasteiger partial charge in [0, 0.05) is 13.2 Å². The molecule has 0 amide bonds. The van der Waals surface area contributed by atoms with Gasteiger partial charge in [-0.05, 0) is 50.6 Å². The van der Waals surface area contributed by atoms with E-state index in [9.17, 15) is 0 Å². The summed E-state index contributed by atoms with van der Waals surface area (Å²) in [6.45, 7) is 13.9. The molecule has 1 saturated heterocycles. The van der Waals surface area contributed by atoms with Crippen molar-refractivity contribution in [2.24, 2.45) is 11.8 Å². The number of hydrogen-bond donors (Lipinski definition) is 0. The molecule has 1 heterocycles. The molecule has 0 aromatic heterocycles. The molecule has 1 aliphatic heterocycles. The molecule has 0 bridgehead atoms. The molecular formula is C15H31NO. The second kappa shape index (κ2) is 8.10. The van der Waals surface area contributed by atoms with Crippen LogP contribution in [-0.4, -0.2) is 37.2 Å². The lowest BCUT2D eigenvalue weighted by molar-refractivity contribution is 0.0699. The highest BCUT2D eigenvalue weighted by Crippen LogP contribution is 2.15. The summed E-state index contributed by atoms with van der Waals surface area (Å²) in [4.78, 5) is 2.62.